The van der Waals surface area contributed by atoms with Crippen molar-refractivity contribution < 1.29 is 4.79 Å². The average molecular weight is 326 g/mol. The third kappa shape index (κ3) is 3.28. The Hall–Kier alpha value is -1.07. The first-order valence-corrected chi connectivity index (χ1v) is 7.34. The predicted molar refractivity (Wildman–Crippen MR) is 81.2 cm³/mol. The van der Waals surface area contributed by atoms with Crippen molar-refractivity contribution in [3.63, 3.8) is 0 Å². The van der Waals surface area contributed by atoms with Gasteiger partial charge in [0.2, 0.25) is 5.91 Å². The largest absolute Gasteiger partial charge is 0.368 e. The van der Waals surface area contributed by atoms with Gasteiger partial charge in [0.1, 0.15) is 0 Å². The SMILES string of the molecule is CC(=O)N1CCN(c2ccc([C@@H](C)N)c(Br)c2)CC1. The standard InChI is InChI=1S/C14H20BrN3O/c1-10(16)13-4-3-12(9-14(13)15)18-7-5-17(6-8-18)11(2)19/h3-4,9-10H,5-8,16H2,1-2H3/t10-/m1/s1. The third-order valence-electron chi connectivity index (χ3n) is 3.56. The highest BCUT2D eigenvalue weighted by Gasteiger charge is 2.19. The molecule has 19 heavy (non-hydrogen) atoms. The van der Waals surface area contributed by atoms with E-state index in [4.69, 9.17) is 5.73 Å². The van der Waals surface area contributed by atoms with Gasteiger partial charge in [0.15, 0.2) is 0 Å². The van der Waals surface area contributed by atoms with Gasteiger partial charge in [-0.1, -0.05) is 22.0 Å². The van der Waals surface area contributed by atoms with Gasteiger partial charge in [-0.25, -0.2) is 0 Å². The fourth-order valence-electron chi connectivity index (χ4n) is 2.36. The van der Waals surface area contributed by atoms with Crippen LogP contribution in [0.5, 0.6) is 0 Å². The van der Waals surface area contributed by atoms with Crippen molar-refractivity contribution in [2.45, 2.75) is 19.9 Å². The minimum absolute atomic E-state index is 0.0259. The van der Waals surface area contributed by atoms with E-state index in [1.807, 2.05) is 11.8 Å². The van der Waals surface area contributed by atoms with Gasteiger partial charge in [0, 0.05) is 49.3 Å². The molecule has 5 heteroatoms. The number of nitrogens with two attached hydrogens (primary N) is 1. The second-order valence-corrected chi connectivity index (χ2v) is 5.84. The monoisotopic (exact) mass is 325 g/mol. The lowest BCUT2D eigenvalue weighted by molar-refractivity contribution is -0.129. The van der Waals surface area contributed by atoms with Crippen LogP contribution in [-0.2, 0) is 4.79 Å². The molecule has 1 atom stereocenters. The van der Waals surface area contributed by atoms with Crippen LogP contribution in [0.25, 0.3) is 0 Å². The molecule has 1 aromatic carbocycles. The molecule has 4 nitrogen and oxygen atoms in total. The molecular formula is C14H20BrN3O. The molecule has 0 bridgehead atoms. The van der Waals surface area contributed by atoms with Gasteiger partial charge in [-0.05, 0) is 24.6 Å². The van der Waals surface area contributed by atoms with Crippen LogP contribution in [0.1, 0.15) is 25.5 Å². The summed E-state index contributed by atoms with van der Waals surface area (Å²) < 4.78 is 1.05. The fourth-order valence-corrected chi connectivity index (χ4v) is 3.09. The molecule has 0 aliphatic carbocycles. The van der Waals surface area contributed by atoms with Gasteiger partial charge in [0.25, 0.3) is 0 Å². The number of carbonyl (C=O) groups excluding carboxylic acids is 1. The van der Waals surface area contributed by atoms with Gasteiger partial charge in [-0.15, -0.1) is 0 Å². The van der Waals surface area contributed by atoms with Crippen molar-refractivity contribution in [3.8, 4) is 0 Å². The van der Waals surface area contributed by atoms with Crippen molar-refractivity contribution >= 4 is 27.5 Å². The van der Waals surface area contributed by atoms with Crippen molar-refractivity contribution in [2.24, 2.45) is 5.73 Å². The summed E-state index contributed by atoms with van der Waals surface area (Å²) in [6.07, 6.45) is 0. The maximum atomic E-state index is 11.3. The molecule has 1 fully saturated rings. The zero-order chi connectivity index (χ0) is 14.0. The van der Waals surface area contributed by atoms with Crippen LogP contribution in [0.3, 0.4) is 0 Å². The molecule has 104 valence electrons. The van der Waals surface area contributed by atoms with E-state index in [1.54, 1.807) is 6.92 Å². The maximum absolute atomic E-state index is 11.3. The highest BCUT2D eigenvalue weighted by atomic mass is 79.9. The van der Waals surface area contributed by atoms with Crippen LogP contribution in [0.4, 0.5) is 5.69 Å². The van der Waals surface area contributed by atoms with Crippen LogP contribution in [-0.4, -0.2) is 37.0 Å². The molecule has 1 saturated heterocycles. The van der Waals surface area contributed by atoms with Crippen molar-refractivity contribution in [1.29, 1.82) is 0 Å². The van der Waals surface area contributed by atoms with Gasteiger partial charge < -0.3 is 15.5 Å². The number of benzene rings is 1. The summed E-state index contributed by atoms with van der Waals surface area (Å²) in [6, 6.07) is 6.31. The molecule has 0 unspecified atom stereocenters. The summed E-state index contributed by atoms with van der Waals surface area (Å²) in [5, 5.41) is 0. The van der Waals surface area contributed by atoms with Crippen LogP contribution >= 0.6 is 15.9 Å². The summed E-state index contributed by atoms with van der Waals surface area (Å²) in [5.74, 6) is 0.160. The Morgan fingerprint density at radius 1 is 1.32 bits per heavy atom. The van der Waals surface area contributed by atoms with Crippen LogP contribution < -0.4 is 10.6 Å². The van der Waals surface area contributed by atoms with E-state index in [2.05, 4.69) is 39.0 Å². The van der Waals surface area contributed by atoms with E-state index in [0.717, 1.165) is 36.2 Å². The lowest BCUT2D eigenvalue weighted by atomic mass is 10.1. The topological polar surface area (TPSA) is 49.6 Å². The number of halogens is 1. The summed E-state index contributed by atoms with van der Waals surface area (Å²) in [5.41, 5.74) is 8.20. The summed E-state index contributed by atoms with van der Waals surface area (Å²) >= 11 is 3.58. The number of amides is 1. The zero-order valence-electron chi connectivity index (χ0n) is 11.4. The first-order valence-electron chi connectivity index (χ1n) is 6.54. The third-order valence-corrected chi connectivity index (χ3v) is 4.25. The Kier molecular flexibility index (Phi) is 4.47. The highest BCUT2D eigenvalue weighted by molar-refractivity contribution is 9.10. The highest BCUT2D eigenvalue weighted by Crippen LogP contribution is 2.28. The first-order chi connectivity index (χ1) is 8.99. The number of anilines is 1. The van der Waals surface area contributed by atoms with E-state index in [9.17, 15) is 4.79 Å². The molecule has 0 saturated carbocycles. The normalized spacial score (nSPS) is 17.5. The van der Waals surface area contributed by atoms with Crippen molar-refractivity contribution in [2.75, 3.05) is 31.1 Å². The zero-order valence-corrected chi connectivity index (χ0v) is 13.0. The van der Waals surface area contributed by atoms with E-state index in [-0.39, 0.29) is 11.9 Å². The number of hydrogen-bond donors (Lipinski definition) is 1. The van der Waals surface area contributed by atoms with Crippen molar-refractivity contribution in [1.82, 2.24) is 4.90 Å². The van der Waals surface area contributed by atoms with E-state index in [0.29, 0.717) is 0 Å². The fraction of sp³-hybridized carbons (Fsp3) is 0.500. The maximum Gasteiger partial charge on any atom is 0.219 e. The molecule has 1 heterocycles. The molecule has 1 amide bonds. The summed E-state index contributed by atoms with van der Waals surface area (Å²) in [6.45, 7) is 6.95. The minimum Gasteiger partial charge on any atom is -0.368 e. The lowest BCUT2D eigenvalue weighted by Crippen LogP contribution is -2.48. The Bertz CT molecular complexity index is 468. The number of piperazine rings is 1. The molecule has 1 aliphatic rings. The number of nitrogens with zero attached hydrogens (tertiary/aromatic N) is 2. The van der Waals surface area contributed by atoms with Gasteiger partial charge in [-0.2, -0.15) is 0 Å². The molecule has 1 aliphatic heterocycles. The van der Waals surface area contributed by atoms with Crippen LogP contribution in [0.2, 0.25) is 0 Å². The Balaban J connectivity index is 2.08. The molecule has 2 N–H and O–H groups in total. The molecule has 2 rings (SSSR count). The smallest absolute Gasteiger partial charge is 0.219 e. The predicted octanol–water partition coefficient (Wildman–Crippen LogP) is 2.14. The molecule has 0 aromatic heterocycles. The Morgan fingerprint density at radius 3 is 2.42 bits per heavy atom. The summed E-state index contributed by atoms with van der Waals surface area (Å²) in [7, 11) is 0. The van der Waals surface area contributed by atoms with Crippen molar-refractivity contribution in [3.05, 3.63) is 28.2 Å². The Morgan fingerprint density at radius 2 is 1.95 bits per heavy atom. The number of carbonyl (C=O) groups is 1. The first kappa shape index (κ1) is 14.3. The van der Waals surface area contributed by atoms with E-state index >= 15 is 0 Å². The number of rotatable bonds is 2. The molecule has 0 radical (unpaired) electrons. The quantitative estimate of drug-likeness (QED) is 0.906. The molecular weight excluding hydrogens is 306 g/mol. The summed E-state index contributed by atoms with van der Waals surface area (Å²) in [4.78, 5) is 15.5. The average Bonchev–Trinajstić information content (AvgIpc) is 2.38. The van der Waals surface area contributed by atoms with E-state index < -0.39 is 0 Å². The van der Waals surface area contributed by atoms with Crippen LogP contribution in [0, 0.1) is 0 Å². The number of hydrogen-bond acceptors (Lipinski definition) is 3. The van der Waals surface area contributed by atoms with Gasteiger partial charge in [-0.3, -0.25) is 4.79 Å². The lowest BCUT2D eigenvalue weighted by Gasteiger charge is -2.35. The van der Waals surface area contributed by atoms with Crippen LogP contribution in [0.15, 0.2) is 22.7 Å². The molecule has 0 spiro atoms. The van der Waals surface area contributed by atoms with Gasteiger partial charge in [0.05, 0.1) is 0 Å². The Labute approximate surface area is 122 Å². The second-order valence-electron chi connectivity index (χ2n) is 4.99. The second kappa shape index (κ2) is 5.92. The molecule has 1 aromatic rings. The minimum atomic E-state index is 0.0259. The van der Waals surface area contributed by atoms with Gasteiger partial charge >= 0.3 is 0 Å². The van der Waals surface area contributed by atoms with E-state index in [1.165, 1.54) is 5.69 Å².